The molecule has 2 heterocycles. The summed E-state index contributed by atoms with van der Waals surface area (Å²) in [6.07, 6.45) is 1.58. The van der Waals surface area contributed by atoms with E-state index in [1.54, 1.807) is 30.0 Å². The fourth-order valence-corrected chi connectivity index (χ4v) is 2.83. The van der Waals surface area contributed by atoms with Crippen molar-refractivity contribution in [3.8, 4) is 0 Å². The highest BCUT2D eigenvalue weighted by Gasteiger charge is 2.21. The van der Waals surface area contributed by atoms with Crippen molar-refractivity contribution in [3.63, 3.8) is 0 Å². The van der Waals surface area contributed by atoms with Crippen molar-refractivity contribution in [3.05, 3.63) is 53.4 Å². The number of nitrogens with zero attached hydrogens (tertiary/aromatic N) is 4. The minimum atomic E-state index is -0.303. The number of rotatable bonds is 4. The molecule has 1 aromatic carbocycles. The molecular weight excluding hydrogens is 323 g/mol. The first-order chi connectivity index (χ1) is 12.0. The Balaban J connectivity index is 1.55. The summed E-state index contributed by atoms with van der Waals surface area (Å²) in [7, 11) is 0. The van der Waals surface area contributed by atoms with E-state index >= 15 is 0 Å². The van der Waals surface area contributed by atoms with Gasteiger partial charge in [0.05, 0.1) is 6.54 Å². The van der Waals surface area contributed by atoms with Crippen molar-refractivity contribution in [2.75, 3.05) is 26.2 Å². The highest BCUT2D eigenvalue weighted by molar-refractivity contribution is 5.94. The largest absolute Gasteiger partial charge is 0.340 e. The average Bonchev–Trinajstić information content (AvgIpc) is 3.00. The van der Waals surface area contributed by atoms with Gasteiger partial charge in [0.2, 0.25) is 11.8 Å². The number of carbonyl (C=O) groups excluding carboxylic acids is 1. The molecule has 1 saturated heterocycles. The third-order valence-corrected chi connectivity index (χ3v) is 4.24. The first kappa shape index (κ1) is 17.3. The van der Waals surface area contributed by atoms with Crippen LogP contribution in [0.5, 0.6) is 0 Å². The lowest BCUT2D eigenvalue weighted by atomic mass is 10.1. The Morgan fingerprint density at radius 1 is 1.32 bits per heavy atom. The zero-order chi connectivity index (χ0) is 17.8. The Hall–Kier alpha value is -2.54. The molecule has 1 aliphatic rings. The molecule has 0 N–H and O–H groups in total. The molecule has 0 bridgehead atoms. The first-order valence-electron chi connectivity index (χ1n) is 8.26. The number of hydrogen-bond donors (Lipinski definition) is 0. The molecule has 1 aromatic heterocycles. The number of amides is 1. The van der Waals surface area contributed by atoms with Gasteiger partial charge in [0, 0.05) is 39.2 Å². The van der Waals surface area contributed by atoms with Crippen molar-refractivity contribution < 1.29 is 13.7 Å². The second-order valence-electron chi connectivity index (χ2n) is 6.17. The smallest absolute Gasteiger partial charge is 0.246 e. The molecule has 0 unspecified atom stereocenters. The van der Waals surface area contributed by atoms with Crippen LogP contribution in [0.4, 0.5) is 4.39 Å². The summed E-state index contributed by atoms with van der Waals surface area (Å²) in [5.41, 5.74) is 1.48. The SMILES string of the molecule is CC(=CC(=O)N1CCN(Cc2noc(C)n2)CC1)c1cccc(F)c1. The minimum absolute atomic E-state index is 0.0446. The Kier molecular flexibility index (Phi) is 5.23. The summed E-state index contributed by atoms with van der Waals surface area (Å²) < 4.78 is 18.3. The van der Waals surface area contributed by atoms with E-state index in [9.17, 15) is 9.18 Å². The van der Waals surface area contributed by atoms with Crippen molar-refractivity contribution in [1.29, 1.82) is 0 Å². The number of aromatic nitrogens is 2. The van der Waals surface area contributed by atoms with Crippen LogP contribution in [0.2, 0.25) is 0 Å². The van der Waals surface area contributed by atoms with Gasteiger partial charge in [0.15, 0.2) is 5.82 Å². The number of halogens is 1. The Labute approximate surface area is 145 Å². The molecule has 1 amide bonds. The highest BCUT2D eigenvalue weighted by atomic mass is 19.1. The Bertz CT molecular complexity index is 779. The molecule has 0 atom stereocenters. The van der Waals surface area contributed by atoms with Crippen LogP contribution in [0, 0.1) is 12.7 Å². The standard InChI is InChI=1S/C18H21FN4O2/c1-13(15-4-3-5-16(19)11-15)10-18(24)23-8-6-22(7-9-23)12-17-20-14(2)25-21-17/h3-5,10-11H,6-9,12H2,1-2H3. The lowest BCUT2D eigenvalue weighted by Crippen LogP contribution is -2.48. The number of piperazine rings is 1. The van der Waals surface area contributed by atoms with E-state index in [4.69, 9.17) is 4.52 Å². The molecular formula is C18H21FN4O2. The molecule has 0 spiro atoms. The van der Waals surface area contributed by atoms with E-state index in [0.29, 0.717) is 31.3 Å². The van der Waals surface area contributed by atoms with Gasteiger partial charge in [0.1, 0.15) is 5.82 Å². The van der Waals surface area contributed by atoms with Gasteiger partial charge in [-0.1, -0.05) is 17.3 Å². The summed E-state index contributed by atoms with van der Waals surface area (Å²) in [6.45, 7) is 7.00. The molecule has 0 radical (unpaired) electrons. The van der Waals surface area contributed by atoms with E-state index in [2.05, 4.69) is 15.0 Å². The lowest BCUT2D eigenvalue weighted by molar-refractivity contribution is -0.127. The summed E-state index contributed by atoms with van der Waals surface area (Å²) in [5.74, 6) is 0.876. The fraction of sp³-hybridized carbons (Fsp3) is 0.389. The van der Waals surface area contributed by atoms with Crippen LogP contribution in [-0.2, 0) is 11.3 Å². The van der Waals surface area contributed by atoms with E-state index in [-0.39, 0.29) is 11.7 Å². The van der Waals surface area contributed by atoms with E-state index in [0.717, 1.165) is 24.2 Å². The molecule has 1 aliphatic heterocycles. The van der Waals surface area contributed by atoms with Gasteiger partial charge < -0.3 is 9.42 Å². The predicted molar refractivity (Wildman–Crippen MR) is 90.9 cm³/mol. The molecule has 7 heteroatoms. The number of hydrogen-bond acceptors (Lipinski definition) is 5. The molecule has 0 aliphatic carbocycles. The number of carbonyl (C=O) groups is 1. The number of benzene rings is 1. The van der Waals surface area contributed by atoms with Crippen LogP contribution >= 0.6 is 0 Å². The van der Waals surface area contributed by atoms with Gasteiger partial charge in [-0.15, -0.1) is 0 Å². The Morgan fingerprint density at radius 3 is 2.72 bits per heavy atom. The Morgan fingerprint density at radius 2 is 2.08 bits per heavy atom. The molecule has 6 nitrogen and oxygen atoms in total. The summed E-state index contributed by atoms with van der Waals surface area (Å²) in [4.78, 5) is 20.6. The second kappa shape index (κ2) is 7.57. The third kappa shape index (κ3) is 4.51. The van der Waals surface area contributed by atoms with Crippen molar-refractivity contribution in [2.24, 2.45) is 0 Å². The summed E-state index contributed by atoms with van der Waals surface area (Å²) >= 11 is 0. The zero-order valence-corrected chi connectivity index (χ0v) is 14.4. The molecule has 0 saturated carbocycles. The van der Waals surface area contributed by atoms with E-state index in [1.165, 1.54) is 12.1 Å². The van der Waals surface area contributed by atoms with Crippen LogP contribution in [0.15, 0.2) is 34.9 Å². The lowest BCUT2D eigenvalue weighted by Gasteiger charge is -2.33. The van der Waals surface area contributed by atoms with Crippen LogP contribution in [0.3, 0.4) is 0 Å². The maximum absolute atomic E-state index is 13.3. The van der Waals surface area contributed by atoms with Gasteiger partial charge in [-0.05, 0) is 30.2 Å². The fourth-order valence-electron chi connectivity index (χ4n) is 2.83. The number of allylic oxidation sites excluding steroid dienone is 1. The molecule has 3 rings (SSSR count). The van der Waals surface area contributed by atoms with Crippen molar-refractivity contribution in [2.45, 2.75) is 20.4 Å². The topological polar surface area (TPSA) is 62.5 Å². The van der Waals surface area contributed by atoms with Crippen molar-refractivity contribution >= 4 is 11.5 Å². The molecule has 1 fully saturated rings. The third-order valence-electron chi connectivity index (χ3n) is 4.24. The van der Waals surface area contributed by atoms with Crippen molar-refractivity contribution in [1.82, 2.24) is 19.9 Å². The maximum Gasteiger partial charge on any atom is 0.246 e. The van der Waals surface area contributed by atoms with Gasteiger partial charge in [0.25, 0.3) is 0 Å². The summed E-state index contributed by atoms with van der Waals surface area (Å²) in [5, 5.41) is 3.90. The number of aryl methyl sites for hydroxylation is 1. The second-order valence-corrected chi connectivity index (χ2v) is 6.17. The van der Waals surface area contributed by atoms with Gasteiger partial charge in [-0.3, -0.25) is 9.69 Å². The molecule has 25 heavy (non-hydrogen) atoms. The minimum Gasteiger partial charge on any atom is -0.340 e. The van der Waals surface area contributed by atoms with Crippen LogP contribution in [0.1, 0.15) is 24.2 Å². The average molecular weight is 344 g/mol. The van der Waals surface area contributed by atoms with Crippen LogP contribution in [-0.4, -0.2) is 52.0 Å². The molecule has 2 aromatic rings. The summed E-state index contributed by atoms with van der Waals surface area (Å²) in [6, 6.07) is 6.27. The van der Waals surface area contributed by atoms with Crippen LogP contribution < -0.4 is 0 Å². The first-order valence-corrected chi connectivity index (χ1v) is 8.26. The normalized spacial score (nSPS) is 16.3. The van der Waals surface area contributed by atoms with E-state index < -0.39 is 0 Å². The predicted octanol–water partition coefficient (Wildman–Crippen LogP) is 2.26. The zero-order valence-electron chi connectivity index (χ0n) is 14.4. The van der Waals surface area contributed by atoms with Gasteiger partial charge in [-0.25, -0.2) is 4.39 Å². The van der Waals surface area contributed by atoms with Crippen LogP contribution in [0.25, 0.3) is 5.57 Å². The van der Waals surface area contributed by atoms with E-state index in [1.807, 2.05) is 6.92 Å². The quantitative estimate of drug-likeness (QED) is 0.796. The highest BCUT2D eigenvalue weighted by Crippen LogP contribution is 2.16. The maximum atomic E-state index is 13.3. The van der Waals surface area contributed by atoms with Gasteiger partial charge >= 0.3 is 0 Å². The molecule has 132 valence electrons. The van der Waals surface area contributed by atoms with Gasteiger partial charge in [-0.2, -0.15) is 4.98 Å². The monoisotopic (exact) mass is 344 g/mol.